The SMILES string of the molecule is N#CCNC1CCCN(c2ccc3c(c2)OCO3)C1. The van der Waals surface area contributed by atoms with Crippen LogP contribution in [0.3, 0.4) is 0 Å². The molecule has 0 amide bonds. The van der Waals surface area contributed by atoms with Crippen molar-refractivity contribution in [3.05, 3.63) is 18.2 Å². The van der Waals surface area contributed by atoms with Gasteiger partial charge in [0, 0.05) is 30.9 Å². The Morgan fingerprint density at radius 1 is 1.37 bits per heavy atom. The summed E-state index contributed by atoms with van der Waals surface area (Å²) < 4.78 is 10.7. The van der Waals surface area contributed by atoms with Gasteiger partial charge in [-0.2, -0.15) is 5.26 Å². The Kier molecular flexibility index (Phi) is 3.43. The second kappa shape index (κ2) is 5.37. The molecule has 1 saturated heterocycles. The Bertz CT molecular complexity index is 498. The first-order chi connectivity index (χ1) is 9.36. The van der Waals surface area contributed by atoms with Gasteiger partial charge in [0.15, 0.2) is 11.5 Å². The number of nitriles is 1. The van der Waals surface area contributed by atoms with Crippen molar-refractivity contribution in [3.8, 4) is 17.6 Å². The number of anilines is 1. The number of nitrogens with one attached hydrogen (secondary N) is 1. The monoisotopic (exact) mass is 259 g/mol. The van der Waals surface area contributed by atoms with Crippen LogP contribution in [0.25, 0.3) is 0 Å². The van der Waals surface area contributed by atoms with E-state index < -0.39 is 0 Å². The quantitative estimate of drug-likeness (QED) is 0.834. The largest absolute Gasteiger partial charge is 0.454 e. The van der Waals surface area contributed by atoms with E-state index in [1.54, 1.807) is 0 Å². The Balaban J connectivity index is 1.69. The number of nitrogens with zero attached hydrogens (tertiary/aromatic N) is 2. The Morgan fingerprint density at radius 2 is 2.26 bits per heavy atom. The van der Waals surface area contributed by atoms with Crippen molar-refractivity contribution in [2.75, 3.05) is 31.3 Å². The third-order valence-electron chi connectivity index (χ3n) is 3.61. The number of piperidine rings is 1. The van der Waals surface area contributed by atoms with Crippen LogP contribution >= 0.6 is 0 Å². The number of benzene rings is 1. The number of fused-ring (bicyclic) bond motifs is 1. The standard InChI is InChI=1S/C14H17N3O2/c15-5-6-16-11-2-1-7-17(9-11)12-3-4-13-14(8-12)19-10-18-13/h3-4,8,11,16H,1-2,6-7,9-10H2. The zero-order valence-electron chi connectivity index (χ0n) is 10.8. The average molecular weight is 259 g/mol. The zero-order chi connectivity index (χ0) is 13.1. The molecule has 1 aromatic carbocycles. The van der Waals surface area contributed by atoms with Crippen LogP contribution < -0.4 is 19.7 Å². The molecule has 2 aliphatic heterocycles. The van der Waals surface area contributed by atoms with Crippen molar-refractivity contribution in [3.63, 3.8) is 0 Å². The van der Waals surface area contributed by atoms with Gasteiger partial charge in [-0.05, 0) is 25.0 Å². The third-order valence-corrected chi connectivity index (χ3v) is 3.61. The highest BCUT2D eigenvalue weighted by Crippen LogP contribution is 2.36. The molecule has 100 valence electrons. The third kappa shape index (κ3) is 2.59. The maximum atomic E-state index is 8.63. The molecule has 2 aliphatic rings. The normalized spacial score (nSPS) is 21.2. The smallest absolute Gasteiger partial charge is 0.231 e. The first-order valence-electron chi connectivity index (χ1n) is 6.62. The van der Waals surface area contributed by atoms with Gasteiger partial charge in [0.25, 0.3) is 0 Å². The average Bonchev–Trinajstić information content (AvgIpc) is 2.92. The Morgan fingerprint density at radius 3 is 3.16 bits per heavy atom. The van der Waals surface area contributed by atoms with E-state index in [0.29, 0.717) is 19.4 Å². The van der Waals surface area contributed by atoms with Gasteiger partial charge in [-0.1, -0.05) is 0 Å². The summed E-state index contributed by atoms with van der Waals surface area (Å²) in [4.78, 5) is 2.33. The van der Waals surface area contributed by atoms with Crippen molar-refractivity contribution in [1.29, 1.82) is 5.26 Å². The summed E-state index contributed by atoms with van der Waals surface area (Å²) in [6, 6.07) is 8.59. The summed E-state index contributed by atoms with van der Waals surface area (Å²) in [5.74, 6) is 1.64. The van der Waals surface area contributed by atoms with E-state index in [1.807, 2.05) is 12.1 Å². The number of ether oxygens (including phenoxy) is 2. The van der Waals surface area contributed by atoms with Crippen LogP contribution in [-0.2, 0) is 0 Å². The minimum absolute atomic E-state index is 0.311. The number of hydrogen-bond donors (Lipinski definition) is 1. The molecule has 1 aromatic rings. The highest BCUT2D eigenvalue weighted by molar-refractivity contribution is 5.57. The minimum Gasteiger partial charge on any atom is -0.454 e. The fraction of sp³-hybridized carbons (Fsp3) is 0.500. The highest BCUT2D eigenvalue weighted by atomic mass is 16.7. The van der Waals surface area contributed by atoms with Crippen LogP contribution in [0.5, 0.6) is 11.5 Å². The molecule has 3 rings (SSSR count). The first-order valence-corrected chi connectivity index (χ1v) is 6.62. The van der Waals surface area contributed by atoms with Crippen LogP contribution in [0.1, 0.15) is 12.8 Å². The van der Waals surface area contributed by atoms with Gasteiger partial charge in [0.1, 0.15) is 0 Å². The van der Waals surface area contributed by atoms with Crippen molar-refractivity contribution >= 4 is 5.69 Å². The molecule has 0 spiro atoms. The summed E-state index contributed by atoms with van der Waals surface area (Å²) in [6.07, 6.45) is 2.26. The summed E-state index contributed by atoms with van der Waals surface area (Å²) in [7, 11) is 0. The lowest BCUT2D eigenvalue weighted by atomic mass is 10.0. The maximum absolute atomic E-state index is 8.63. The zero-order valence-corrected chi connectivity index (χ0v) is 10.8. The Hall–Kier alpha value is -1.93. The summed E-state index contributed by atoms with van der Waals surface area (Å²) in [5.41, 5.74) is 1.16. The van der Waals surface area contributed by atoms with E-state index in [4.69, 9.17) is 14.7 Å². The second-order valence-electron chi connectivity index (χ2n) is 4.86. The van der Waals surface area contributed by atoms with Crippen LogP contribution in [0.15, 0.2) is 18.2 Å². The fourth-order valence-electron chi connectivity index (χ4n) is 2.65. The van der Waals surface area contributed by atoms with Gasteiger partial charge in [0.2, 0.25) is 6.79 Å². The maximum Gasteiger partial charge on any atom is 0.231 e. The summed E-state index contributed by atoms with van der Waals surface area (Å²) in [6.45, 7) is 2.70. The van der Waals surface area contributed by atoms with E-state index >= 15 is 0 Å². The van der Waals surface area contributed by atoms with E-state index in [-0.39, 0.29) is 0 Å². The molecule has 1 unspecified atom stereocenters. The minimum atomic E-state index is 0.311. The van der Waals surface area contributed by atoms with E-state index in [9.17, 15) is 0 Å². The van der Waals surface area contributed by atoms with Gasteiger partial charge >= 0.3 is 0 Å². The van der Waals surface area contributed by atoms with Gasteiger partial charge in [-0.3, -0.25) is 5.32 Å². The molecular weight excluding hydrogens is 242 g/mol. The molecule has 2 heterocycles. The number of hydrogen-bond acceptors (Lipinski definition) is 5. The Labute approximate surface area is 112 Å². The van der Waals surface area contributed by atoms with Crippen molar-refractivity contribution in [1.82, 2.24) is 5.32 Å². The van der Waals surface area contributed by atoms with Gasteiger partial charge < -0.3 is 14.4 Å². The predicted octanol–water partition coefficient (Wildman–Crippen LogP) is 1.50. The molecule has 19 heavy (non-hydrogen) atoms. The van der Waals surface area contributed by atoms with Gasteiger partial charge in [0.05, 0.1) is 12.6 Å². The molecule has 0 saturated carbocycles. The van der Waals surface area contributed by atoms with Crippen LogP contribution in [0, 0.1) is 11.3 Å². The summed E-state index contributed by atoms with van der Waals surface area (Å²) >= 11 is 0. The van der Waals surface area contributed by atoms with Crippen molar-refractivity contribution in [2.45, 2.75) is 18.9 Å². The predicted molar refractivity (Wildman–Crippen MR) is 71.4 cm³/mol. The second-order valence-corrected chi connectivity index (χ2v) is 4.86. The molecule has 1 fully saturated rings. The molecule has 0 aromatic heterocycles. The van der Waals surface area contributed by atoms with E-state index in [1.165, 1.54) is 0 Å². The lowest BCUT2D eigenvalue weighted by Crippen LogP contribution is -2.45. The summed E-state index contributed by atoms with van der Waals surface area (Å²) in [5, 5.41) is 11.9. The van der Waals surface area contributed by atoms with Crippen molar-refractivity contribution in [2.24, 2.45) is 0 Å². The molecule has 5 heteroatoms. The van der Waals surface area contributed by atoms with E-state index in [2.05, 4.69) is 22.4 Å². The molecule has 0 aliphatic carbocycles. The lowest BCUT2D eigenvalue weighted by Gasteiger charge is -2.34. The first kappa shape index (κ1) is 12.1. The van der Waals surface area contributed by atoms with Crippen molar-refractivity contribution < 1.29 is 9.47 Å². The molecule has 1 N–H and O–H groups in total. The topological polar surface area (TPSA) is 57.5 Å². The van der Waals surface area contributed by atoms with Gasteiger partial charge in [-0.15, -0.1) is 0 Å². The molecule has 0 bridgehead atoms. The van der Waals surface area contributed by atoms with Crippen LogP contribution in [-0.4, -0.2) is 32.5 Å². The number of rotatable bonds is 3. The lowest BCUT2D eigenvalue weighted by molar-refractivity contribution is 0.174. The highest BCUT2D eigenvalue weighted by Gasteiger charge is 2.21. The van der Waals surface area contributed by atoms with E-state index in [0.717, 1.165) is 43.1 Å². The molecular formula is C14H17N3O2. The van der Waals surface area contributed by atoms with Crippen LogP contribution in [0.2, 0.25) is 0 Å². The molecule has 5 nitrogen and oxygen atoms in total. The fourth-order valence-corrected chi connectivity index (χ4v) is 2.65. The molecule has 0 radical (unpaired) electrons. The van der Waals surface area contributed by atoms with Crippen LogP contribution in [0.4, 0.5) is 5.69 Å². The van der Waals surface area contributed by atoms with Gasteiger partial charge in [-0.25, -0.2) is 0 Å². The molecule has 1 atom stereocenters.